The van der Waals surface area contributed by atoms with E-state index in [1.807, 2.05) is 0 Å². The maximum atomic E-state index is 13.7. The highest BCUT2D eigenvalue weighted by molar-refractivity contribution is 4.90. The standard InChI is InChI=1S/C11H22FN3/c1-15-6-4-8(10(13)7-15)9-3-2-5-14-11(9)12/h8-11,14H,2-7,13H2,1H3. The number of nitrogens with two attached hydrogens (primary N) is 1. The van der Waals surface area contributed by atoms with E-state index in [-0.39, 0.29) is 12.0 Å². The van der Waals surface area contributed by atoms with Gasteiger partial charge in [0.2, 0.25) is 0 Å². The molecule has 0 saturated carbocycles. The van der Waals surface area contributed by atoms with Gasteiger partial charge in [0.15, 0.2) is 6.30 Å². The summed E-state index contributed by atoms with van der Waals surface area (Å²) in [6.45, 7) is 2.79. The molecular formula is C11H22FN3. The van der Waals surface area contributed by atoms with Crippen LogP contribution in [-0.2, 0) is 0 Å². The third-order valence-electron chi connectivity index (χ3n) is 3.90. The highest BCUT2D eigenvalue weighted by atomic mass is 19.1. The molecule has 0 aliphatic carbocycles. The first-order chi connectivity index (χ1) is 7.18. The minimum absolute atomic E-state index is 0.141. The number of alkyl halides is 1. The molecule has 0 aromatic rings. The van der Waals surface area contributed by atoms with Gasteiger partial charge >= 0.3 is 0 Å². The first-order valence-corrected chi connectivity index (χ1v) is 6.00. The van der Waals surface area contributed by atoms with Gasteiger partial charge < -0.3 is 10.6 Å². The Balaban J connectivity index is 1.96. The molecule has 88 valence electrons. The third-order valence-corrected chi connectivity index (χ3v) is 3.90. The van der Waals surface area contributed by atoms with Gasteiger partial charge in [-0.15, -0.1) is 0 Å². The molecule has 0 radical (unpaired) electrons. The second-order valence-electron chi connectivity index (χ2n) is 5.04. The van der Waals surface area contributed by atoms with Gasteiger partial charge in [-0.1, -0.05) is 0 Å². The molecule has 2 aliphatic rings. The molecule has 2 rings (SSSR count). The van der Waals surface area contributed by atoms with Crippen LogP contribution in [0.2, 0.25) is 0 Å². The largest absolute Gasteiger partial charge is 0.326 e. The molecule has 0 amide bonds. The number of piperidine rings is 2. The summed E-state index contributed by atoms with van der Waals surface area (Å²) in [5.74, 6) is 0.506. The summed E-state index contributed by atoms with van der Waals surface area (Å²) in [6, 6.07) is 0.145. The van der Waals surface area contributed by atoms with Crippen molar-refractivity contribution in [1.82, 2.24) is 10.2 Å². The maximum Gasteiger partial charge on any atom is 0.154 e. The van der Waals surface area contributed by atoms with E-state index in [0.29, 0.717) is 5.92 Å². The van der Waals surface area contributed by atoms with E-state index < -0.39 is 6.30 Å². The fraction of sp³-hybridized carbons (Fsp3) is 1.00. The van der Waals surface area contributed by atoms with Gasteiger partial charge in [0.1, 0.15) is 0 Å². The van der Waals surface area contributed by atoms with Gasteiger partial charge in [-0.25, -0.2) is 4.39 Å². The van der Waals surface area contributed by atoms with E-state index in [1.54, 1.807) is 0 Å². The summed E-state index contributed by atoms with van der Waals surface area (Å²) in [6.07, 6.45) is 2.29. The van der Waals surface area contributed by atoms with Crippen LogP contribution in [0.15, 0.2) is 0 Å². The van der Waals surface area contributed by atoms with Gasteiger partial charge in [0.25, 0.3) is 0 Å². The van der Waals surface area contributed by atoms with Crippen LogP contribution in [0.5, 0.6) is 0 Å². The van der Waals surface area contributed by atoms with Crippen molar-refractivity contribution < 1.29 is 4.39 Å². The molecule has 15 heavy (non-hydrogen) atoms. The number of rotatable bonds is 1. The number of nitrogens with zero attached hydrogens (tertiary/aromatic N) is 1. The molecule has 4 unspecified atom stereocenters. The molecule has 2 fully saturated rings. The number of hydrogen-bond donors (Lipinski definition) is 2. The van der Waals surface area contributed by atoms with E-state index in [1.165, 1.54) is 0 Å². The van der Waals surface area contributed by atoms with E-state index >= 15 is 0 Å². The van der Waals surface area contributed by atoms with Crippen LogP contribution in [-0.4, -0.2) is 43.9 Å². The lowest BCUT2D eigenvalue weighted by Crippen LogP contribution is -2.53. The van der Waals surface area contributed by atoms with E-state index in [4.69, 9.17) is 5.73 Å². The Labute approximate surface area is 91.2 Å². The van der Waals surface area contributed by atoms with Crippen LogP contribution in [0, 0.1) is 11.8 Å². The molecule has 2 heterocycles. The average molecular weight is 215 g/mol. The van der Waals surface area contributed by atoms with Crippen molar-refractivity contribution in [3.05, 3.63) is 0 Å². The molecular weight excluding hydrogens is 193 g/mol. The maximum absolute atomic E-state index is 13.7. The van der Waals surface area contributed by atoms with E-state index in [9.17, 15) is 4.39 Å². The second-order valence-corrected chi connectivity index (χ2v) is 5.04. The Bertz CT molecular complexity index is 212. The number of likely N-dealkylation sites (N-methyl/N-ethyl adjacent to an activating group) is 1. The van der Waals surface area contributed by atoms with Crippen molar-refractivity contribution in [2.75, 3.05) is 26.7 Å². The first-order valence-electron chi connectivity index (χ1n) is 6.00. The van der Waals surface area contributed by atoms with Crippen molar-refractivity contribution in [3.8, 4) is 0 Å². The van der Waals surface area contributed by atoms with Gasteiger partial charge in [-0.05, 0) is 45.3 Å². The lowest BCUT2D eigenvalue weighted by Gasteiger charge is -2.41. The Hall–Kier alpha value is -0.190. The predicted octanol–water partition coefficient (Wildman–Crippen LogP) is 0.561. The van der Waals surface area contributed by atoms with Crippen molar-refractivity contribution in [3.63, 3.8) is 0 Å². The van der Waals surface area contributed by atoms with Crippen LogP contribution >= 0.6 is 0 Å². The summed E-state index contributed by atoms with van der Waals surface area (Å²) in [7, 11) is 2.09. The molecule has 0 aromatic carbocycles. The molecule has 0 spiro atoms. The van der Waals surface area contributed by atoms with Gasteiger partial charge in [0, 0.05) is 18.5 Å². The minimum Gasteiger partial charge on any atom is -0.326 e. The molecule has 2 aliphatic heterocycles. The summed E-state index contributed by atoms with van der Waals surface area (Å²) in [5.41, 5.74) is 6.13. The van der Waals surface area contributed by atoms with Gasteiger partial charge in [-0.3, -0.25) is 5.32 Å². The molecule has 4 heteroatoms. The number of likely N-dealkylation sites (tertiary alicyclic amines) is 1. The summed E-state index contributed by atoms with van der Waals surface area (Å²) >= 11 is 0. The predicted molar refractivity (Wildman–Crippen MR) is 59.2 cm³/mol. The molecule has 0 aromatic heterocycles. The molecule has 2 saturated heterocycles. The van der Waals surface area contributed by atoms with Crippen LogP contribution in [0.3, 0.4) is 0 Å². The highest BCUT2D eigenvalue weighted by Crippen LogP contribution is 2.32. The Kier molecular flexibility index (Phi) is 3.59. The average Bonchev–Trinajstić information content (AvgIpc) is 2.20. The quantitative estimate of drug-likeness (QED) is 0.628. The lowest BCUT2D eigenvalue weighted by molar-refractivity contribution is 0.0492. The normalized spacial score (nSPS) is 44.2. The van der Waals surface area contributed by atoms with Crippen molar-refractivity contribution in [2.45, 2.75) is 31.6 Å². The minimum atomic E-state index is -0.835. The van der Waals surface area contributed by atoms with Crippen molar-refractivity contribution >= 4 is 0 Å². The topological polar surface area (TPSA) is 41.3 Å². The van der Waals surface area contributed by atoms with Gasteiger partial charge in [-0.2, -0.15) is 0 Å². The fourth-order valence-electron chi connectivity index (χ4n) is 3.01. The van der Waals surface area contributed by atoms with Crippen LogP contribution in [0.25, 0.3) is 0 Å². The highest BCUT2D eigenvalue weighted by Gasteiger charge is 2.37. The van der Waals surface area contributed by atoms with E-state index in [2.05, 4.69) is 17.3 Å². The smallest absolute Gasteiger partial charge is 0.154 e. The summed E-state index contributed by atoms with van der Waals surface area (Å²) < 4.78 is 13.7. The summed E-state index contributed by atoms with van der Waals surface area (Å²) in [5, 5.41) is 2.93. The molecule has 3 N–H and O–H groups in total. The zero-order chi connectivity index (χ0) is 10.8. The Morgan fingerprint density at radius 1 is 1.33 bits per heavy atom. The fourth-order valence-corrected chi connectivity index (χ4v) is 3.01. The van der Waals surface area contributed by atoms with Crippen LogP contribution in [0.4, 0.5) is 4.39 Å². The SMILES string of the molecule is CN1CCC(C2CCCNC2F)C(N)C1. The number of hydrogen-bond acceptors (Lipinski definition) is 3. The third kappa shape index (κ3) is 2.49. The number of halogens is 1. The molecule has 4 atom stereocenters. The van der Waals surface area contributed by atoms with Gasteiger partial charge in [0.05, 0.1) is 0 Å². The zero-order valence-electron chi connectivity index (χ0n) is 9.45. The first kappa shape index (κ1) is 11.3. The van der Waals surface area contributed by atoms with Crippen molar-refractivity contribution in [2.24, 2.45) is 17.6 Å². The lowest BCUT2D eigenvalue weighted by atomic mass is 9.77. The molecule has 0 bridgehead atoms. The Morgan fingerprint density at radius 3 is 2.80 bits per heavy atom. The molecule has 3 nitrogen and oxygen atoms in total. The van der Waals surface area contributed by atoms with E-state index in [0.717, 1.165) is 38.9 Å². The number of nitrogens with one attached hydrogen (secondary N) is 1. The Morgan fingerprint density at radius 2 is 2.13 bits per heavy atom. The zero-order valence-corrected chi connectivity index (χ0v) is 9.45. The monoisotopic (exact) mass is 215 g/mol. The van der Waals surface area contributed by atoms with Crippen LogP contribution in [0.1, 0.15) is 19.3 Å². The summed E-state index contributed by atoms with van der Waals surface area (Å²) in [4.78, 5) is 2.24. The second kappa shape index (κ2) is 4.76. The van der Waals surface area contributed by atoms with Crippen molar-refractivity contribution in [1.29, 1.82) is 0 Å². The van der Waals surface area contributed by atoms with Crippen LogP contribution < -0.4 is 11.1 Å².